The number of non-ortho nitro benzene ring substituents is 1. The molecule has 0 atom stereocenters. The van der Waals surface area contributed by atoms with Gasteiger partial charge in [-0.3, -0.25) is 14.5 Å². The number of ether oxygens (including phenoxy) is 2. The summed E-state index contributed by atoms with van der Waals surface area (Å²) in [6.45, 7) is 0. The largest absolute Gasteiger partial charge is 0.497 e. The number of imidazole rings is 1. The molecule has 0 saturated carbocycles. The van der Waals surface area contributed by atoms with Gasteiger partial charge in [0.05, 0.1) is 35.9 Å². The third-order valence-electron chi connectivity index (χ3n) is 5.92. The molecule has 0 fully saturated rings. The van der Waals surface area contributed by atoms with Gasteiger partial charge < -0.3 is 9.47 Å². The van der Waals surface area contributed by atoms with E-state index in [1.165, 1.54) is 12.1 Å². The highest BCUT2D eigenvalue weighted by molar-refractivity contribution is 5.89. The van der Waals surface area contributed by atoms with Gasteiger partial charge in [-0.25, -0.2) is 4.98 Å². The van der Waals surface area contributed by atoms with Gasteiger partial charge in [-0.2, -0.15) is 5.26 Å². The molecule has 3 aromatic carbocycles. The first-order chi connectivity index (χ1) is 17.5. The zero-order valence-electron chi connectivity index (χ0n) is 19.5. The van der Waals surface area contributed by atoms with E-state index in [2.05, 4.69) is 6.07 Å². The number of methoxy groups -OCH3 is 2. The minimum Gasteiger partial charge on any atom is -0.497 e. The Hall–Kier alpha value is -5.16. The molecule has 36 heavy (non-hydrogen) atoms. The van der Waals surface area contributed by atoms with E-state index in [1.54, 1.807) is 32.4 Å². The molecule has 0 N–H and O–H groups in total. The first kappa shape index (κ1) is 22.6. The second-order valence-electron chi connectivity index (χ2n) is 8.01. The first-order valence-corrected chi connectivity index (χ1v) is 11.0. The van der Waals surface area contributed by atoms with Crippen molar-refractivity contribution in [3.8, 4) is 28.8 Å². The van der Waals surface area contributed by atoms with Crippen LogP contribution in [0, 0.1) is 21.4 Å². The fraction of sp³-hybridized carbons (Fsp3) is 0.0714. The maximum absolute atomic E-state index is 11.0. The van der Waals surface area contributed by atoms with E-state index in [1.807, 2.05) is 59.0 Å². The molecule has 0 aliphatic rings. The van der Waals surface area contributed by atoms with Crippen LogP contribution >= 0.6 is 0 Å². The summed E-state index contributed by atoms with van der Waals surface area (Å²) in [7, 11) is 3.19. The molecule has 0 aliphatic carbocycles. The summed E-state index contributed by atoms with van der Waals surface area (Å²) in [5, 5.41) is 21.1. The van der Waals surface area contributed by atoms with Crippen LogP contribution in [0.15, 0.2) is 72.8 Å². The number of nitrogens with zero attached hydrogens (tertiary/aromatic N) is 4. The highest BCUT2D eigenvalue weighted by atomic mass is 16.6. The van der Waals surface area contributed by atoms with Crippen molar-refractivity contribution in [2.45, 2.75) is 0 Å². The monoisotopic (exact) mass is 476 g/mol. The SMILES string of the molecule is COc1cc(OC)cc(-c2cc(C=Cc3ccc([N+](=O)[O-])cc3)c(C#N)c3nc4ccccc4n23)c1. The fourth-order valence-electron chi connectivity index (χ4n) is 4.16. The lowest BCUT2D eigenvalue weighted by molar-refractivity contribution is -0.384. The number of pyridine rings is 1. The van der Waals surface area contributed by atoms with Crippen LogP contribution in [0.3, 0.4) is 0 Å². The number of aromatic nitrogens is 2. The van der Waals surface area contributed by atoms with Crippen molar-refractivity contribution in [3.05, 3.63) is 99.6 Å². The average molecular weight is 476 g/mol. The molecule has 0 radical (unpaired) electrons. The van der Waals surface area contributed by atoms with Crippen LogP contribution in [-0.2, 0) is 0 Å². The lowest BCUT2D eigenvalue weighted by Crippen LogP contribution is -1.99. The number of para-hydroxylation sites is 2. The summed E-state index contributed by atoms with van der Waals surface area (Å²) in [5.41, 5.74) is 5.66. The Morgan fingerprint density at radius 1 is 0.972 bits per heavy atom. The van der Waals surface area contributed by atoms with E-state index in [-0.39, 0.29) is 5.69 Å². The highest BCUT2D eigenvalue weighted by Crippen LogP contribution is 2.35. The minimum absolute atomic E-state index is 0.0182. The topological polar surface area (TPSA) is 103 Å². The average Bonchev–Trinajstić information content (AvgIpc) is 3.30. The predicted octanol–water partition coefficient (Wildman–Crippen LogP) is 6.12. The van der Waals surface area contributed by atoms with Crippen LogP contribution in [0.25, 0.3) is 40.1 Å². The van der Waals surface area contributed by atoms with E-state index in [0.29, 0.717) is 28.3 Å². The van der Waals surface area contributed by atoms with Crippen molar-refractivity contribution in [2.75, 3.05) is 14.2 Å². The number of fused-ring (bicyclic) bond motifs is 3. The number of nitro benzene ring substituents is 1. The maximum Gasteiger partial charge on any atom is 0.269 e. The summed E-state index contributed by atoms with van der Waals surface area (Å²) in [6, 6.07) is 23.8. The van der Waals surface area contributed by atoms with Gasteiger partial charge in [-0.1, -0.05) is 24.3 Å². The number of nitro groups is 1. The number of benzene rings is 3. The van der Waals surface area contributed by atoms with Gasteiger partial charge in [0.15, 0.2) is 5.65 Å². The molecule has 2 heterocycles. The molecule has 0 bridgehead atoms. The van der Waals surface area contributed by atoms with E-state index < -0.39 is 4.92 Å². The molecule has 5 aromatic rings. The van der Waals surface area contributed by atoms with Crippen molar-refractivity contribution in [1.82, 2.24) is 9.38 Å². The lowest BCUT2D eigenvalue weighted by Gasteiger charge is -2.13. The summed E-state index contributed by atoms with van der Waals surface area (Å²) < 4.78 is 12.9. The van der Waals surface area contributed by atoms with E-state index in [4.69, 9.17) is 14.5 Å². The predicted molar refractivity (Wildman–Crippen MR) is 138 cm³/mol. The van der Waals surface area contributed by atoms with Crippen LogP contribution in [0.2, 0.25) is 0 Å². The van der Waals surface area contributed by atoms with E-state index in [0.717, 1.165) is 27.9 Å². The Balaban J connectivity index is 1.76. The minimum atomic E-state index is -0.438. The lowest BCUT2D eigenvalue weighted by atomic mass is 10.0. The van der Waals surface area contributed by atoms with Crippen molar-refractivity contribution in [3.63, 3.8) is 0 Å². The molecule has 8 nitrogen and oxygen atoms in total. The normalized spacial score (nSPS) is 11.1. The Morgan fingerprint density at radius 2 is 1.67 bits per heavy atom. The summed E-state index contributed by atoms with van der Waals surface area (Å²) in [6.07, 6.45) is 3.63. The Morgan fingerprint density at radius 3 is 2.31 bits per heavy atom. The second kappa shape index (κ2) is 9.24. The molecule has 0 saturated heterocycles. The number of nitriles is 1. The van der Waals surface area contributed by atoms with Gasteiger partial charge in [-0.15, -0.1) is 0 Å². The molecule has 5 rings (SSSR count). The zero-order valence-corrected chi connectivity index (χ0v) is 19.5. The second-order valence-corrected chi connectivity index (χ2v) is 8.01. The van der Waals surface area contributed by atoms with Gasteiger partial charge in [0, 0.05) is 23.8 Å². The van der Waals surface area contributed by atoms with Crippen molar-refractivity contribution in [1.29, 1.82) is 5.26 Å². The van der Waals surface area contributed by atoms with Gasteiger partial charge in [0.1, 0.15) is 23.1 Å². The van der Waals surface area contributed by atoms with E-state index in [9.17, 15) is 15.4 Å². The molecule has 176 valence electrons. The third kappa shape index (κ3) is 3.99. The van der Waals surface area contributed by atoms with Gasteiger partial charge in [0.2, 0.25) is 0 Å². The van der Waals surface area contributed by atoms with Crippen LogP contribution in [0.1, 0.15) is 16.7 Å². The molecule has 8 heteroatoms. The van der Waals surface area contributed by atoms with Gasteiger partial charge in [0.25, 0.3) is 5.69 Å². The quantitative estimate of drug-likeness (QED) is 0.216. The molecule has 0 amide bonds. The fourth-order valence-corrected chi connectivity index (χ4v) is 4.16. The third-order valence-corrected chi connectivity index (χ3v) is 5.92. The number of hydrogen-bond acceptors (Lipinski definition) is 6. The molecule has 0 aliphatic heterocycles. The summed E-state index contributed by atoms with van der Waals surface area (Å²) >= 11 is 0. The number of rotatable bonds is 6. The standard InChI is InChI=1S/C28H20N4O4/c1-35-22-13-20(14-23(16-22)36-2)27-15-19(10-7-18-8-11-21(12-9-18)32(33)34)24(17-29)28-30-25-5-3-4-6-26(25)31(27)28/h3-16H,1-2H3. The van der Waals surface area contributed by atoms with Gasteiger partial charge in [-0.05, 0) is 53.6 Å². The van der Waals surface area contributed by atoms with E-state index >= 15 is 0 Å². The Bertz CT molecular complexity index is 1670. The van der Waals surface area contributed by atoms with Crippen LogP contribution in [0.4, 0.5) is 5.69 Å². The number of hydrogen-bond donors (Lipinski definition) is 0. The maximum atomic E-state index is 11.0. The summed E-state index contributed by atoms with van der Waals surface area (Å²) in [5.74, 6) is 1.27. The molecule has 0 spiro atoms. The molecule has 2 aromatic heterocycles. The summed E-state index contributed by atoms with van der Waals surface area (Å²) in [4.78, 5) is 15.3. The van der Waals surface area contributed by atoms with Gasteiger partial charge >= 0.3 is 0 Å². The molecular weight excluding hydrogens is 456 g/mol. The smallest absolute Gasteiger partial charge is 0.269 e. The first-order valence-electron chi connectivity index (χ1n) is 11.0. The highest BCUT2D eigenvalue weighted by Gasteiger charge is 2.18. The van der Waals surface area contributed by atoms with Crippen molar-refractivity contribution in [2.24, 2.45) is 0 Å². The van der Waals surface area contributed by atoms with Crippen molar-refractivity contribution < 1.29 is 14.4 Å². The zero-order chi connectivity index (χ0) is 25.2. The Labute approximate surface area is 206 Å². The van der Waals surface area contributed by atoms with Crippen molar-refractivity contribution >= 4 is 34.5 Å². The molecule has 0 unspecified atom stereocenters. The Kier molecular flexibility index (Phi) is 5.80. The molecular formula is C28H20N4O4. The van der Waals surface area contributed by atoms with Crippen LogP contribution in [-0.4, -0.2) is 28.5 Å². The van der Waals surface area contributed by atoms with Crippen LogP contribution in [0.5, 0.6) is 11.5 Å². The van der Waals surface area contributed by atoms with Crippen LogP contribution < -0.4 is 9.47 Å².